The lowest BCUT2D eigenvalue weighted by Crippen LogP contribution is -2.33. The second kappa shape index (κ2) is 8.75. The van der Waals surface area contributed by atoms with Crippen LogP contribution in [0.4, 0.5) is 4.39 Å². The molecule has 0 atom stereocenters. The smallest absolute Gasteiger partial charge is 0.239 e. The average molecular weight is 418 g/mol. The molecule has 0 fully saturated rings. The number of para-hydroxylation sites is 1. The molecule has 0 aliphatic rings. The number of likely N-dealkylation sites (N-methyl/N-ethyl adjacent to an activating group) is 1. The molecule has 0 aliphatic carbocycles. The molecule has 29 heavy (non-hydrogen) atoms. The van der Waals surface area contributed by atoms with E-state index in [0.29, 0.717) is 29.6 Å². The van der Waals surface area contributed by atoms with Crippen LogP contribution in [0.15, 0.2) is 59.6 Å². The van der Waals surface area contributed by atoms with Gasteiger partial charge in [-0.1, -0.05) is 30.3 Å². The van der Waals surface area contributed by atoms with E-state index in [2.05, 4.69) is 5.32 Å². The van der Waals surface area contributed by atoms with E-state index in [-0.39, 0.29) is 23.1 Å². The number of carbonyl (C=O) groups excluding carboxylic acids is 1. The zero-order valence-electron chi connectivity index (χ0n) is 16.4. The molecule has 0 unspecified atom stereocenters. The maximum atomic E-state index is 13.5. The van der Waals surface area contributed by atoms with E-state index >= 15 is 0 Å². The lowest BCUT2D eigenvalue weighted by atomic mass is 10.2. The number of rotatable bonds is 8. The van der Waals surface area contributed by atoms with Gasteiger partial charge in [-0.25, -0.2) is 12.8 Å². The highest BCUT2D eigenvalue weighted by atomic mass is 32.2. The molecule has 2 aromatic carbocycles. The topological polar surface area (TPSA) is 71.4 Å². The fourth-order valence-electron chi connectivity index (χ4n) is 3.15. The summed E-state index contributed by atoms with van der Waals surface area (Å²) in [6, 6.07) is 12.6. The van der Waals surface area contributed by atoms with Crippen LogP contribution in [0.2, 0.25) is 0 Å². The summed E-state index contributed by atoms with van der Waals surface area (Å²) < 4.78 is 41.2. The first-order valence-electron chi connectivity index (χ1n) is 9.23. The van der Waals surface area contributed by atoms with Crippen LogP contribution >= 0.6 is 0 Å². The zero-order valence-corrected chi connectivity index (χ0v) is 17.2. The highest BCUT2D eigenvalue weighted by Crippen LogP contribution is 2.28. The number of sulfone groups is 1. The average Bonchev–Trinajstić information content (AvgIpc) is 3.01. The fraction of sp³-hybridized carbons (Fsp3) is 0.286. The van der Waals surface area contributed by atoms with Gasteiger partial charge in [-0.2, -0.15) is 0 Å². The van der Waals surface area contributed by atoms with E-state index in [4.69, 9.17) is 0 Å². The highest BCUT2D eigenvalue weighted by Gasteiger charge is 2.22. The second-order valence-electron chi connectivity index (χ2n) is 7.18. The molecule has 0 radical (unpaired) electrons. The monoisotopic (exact) mass is 417 g/mol. The van der Waals surface area contributed by atoms with Crippen molar-refractivity contribution in [1.29, 1.82) is 0 Å². The number of aromatic nitrogens is 1. The summed E-state index contributed by atoms with van der Waals surface area (Å²) in [4.78, 5) is 14.4. The predicted octanol–water partition coefficient (Wildman–Crippen LogP) is 2.43. The Kier molecular flexibility index (Phi) is 6.34. The van der Waals surface area contributed by atoms with E-state index in [9.17, 15) is 17.6 Å². The van der Waals surface area contributed by atoms with Crippen LogP contribution in [0.5, 0.6) is 0 Å². The lowest BCUT2D eigenvalue weighted by Gasteiger charge is -2.11. The van der Waals surface area contributed by atoms with Crippen molar-refractivity contribution in [3.05, 3.63) is 66.1 Å². The van der Waals surface area contributed by atoms with Crippen LogP contribution in [0.25, 0.3) is 10.9 Å². The first-order valence-corrected chi connectivity index (χ1v) is 10.9. The third-order valence-corrected chi connectivity index (χ3v) is 6.24. The van der Waals surface area contributed by atoms with E-state index < -0.39 is 15.7 Å². The summed E-state index contributed by atoms with van der Waals surface area (Å²) in [5.41, 5.74) is 1.04. The molecule has 1 amide bonds. The fourth-order valence-corrected chi connectivity index (χ4v) is 4.71. The molecule has 0 bridgehead atoms. The van der Waals surface area contributed by atoms with Gasteiger partial charge in [-0.3, -0.25) is 4.79 Å². The molecule has 0 aliphatic heterocycles. The van der Waals surface area contributed by atoms with Crippen LogP contribution in [0.1, 0.15) is 5.56 Å². The third kappa shape index (κ3) is 5.21. The van der Waals surface area contributed by atoms with Gasteiger partial charge < -0.3 is 14.8 Å². The number of nitrogens with zero attached hydrogens (tertiary/aromatic N) is 2. The van der Waals surface area contributed by atoms with Crippen molar-refractivity contribution in [2.75, 3.05) is 27.2 Å². The van der Waals surface area contributed by atoms with E-state index in [1.165, 1.54) is 24.4 Å². The van der Waals surface area contributed by atoms with Crippen LogP contribution < -0.4 is 5.32 Å². The van der Waals surface area contributed by atoms with Gasteiger partial charge in [0, 0.05) is 30.2 Å². The third-order valence-electron chi connectivity index (χ3n) is 4.53. The van der Waals surface area contributed by atoms with Gasteiger partial charge in [0.05, 0.1) is 10.6 Å². The molecule has 0 saturated heterocycles. The Bertz CT molecular complexity index is 1120. The quantitative estimate of drug-likeness (QED) is 0.611. The van der Waals surface area contributed by atoms with E-state index in [1.807, 2.05) is 19.0 Å². The van der Waals surface area contributed by atoms with Crippen LogP contribution in [-0.2, 0) is 26.9 Å². The Hall–Kier alpha value is -2.71. The van der Waals surface area contributed by atoms with Crippen molar-refractivity contribution in [2.45, 2.75) is 17.2 Å². The number of nitrogens with one attached hydrogen (secondary N) is 1. The predicted molar refractivity (Wildman–Crippen MR) is 111 cm³/mol. The molecule has 1 heterocycles. The number of amides is 1. The largest absolute Gasteiger partial charge is 0.353 e. The molecule has 8 heteroatoms. The number of benzene rings is 2. The Morgan fingerprint density at radius 1 is 1.14 bits per heavy atom. The van der Waals surface area contributed by atoms with Crippen LogP contribution in [-0.4, -0.2) is 51.0 Å². The summed E-state index contributed by atoms with van der Waals surface area (Å²) >= 11 is 0. The SMILES string of the molecule is CN(C)CCNC(=O)Cn1cc(S(=O)(=O)Cc2cccc(F)c2)c2ccccc21. The van der Waals surface area contributed by atoms with Crippen LogP contribution in [0, 0.1) is 5.82 Å². The van der Waals surface area contributed by atoms with Gasteiger partial charge in [-0.05, 0) is 37.9 Å². The number of fused-ring (bicyclic) bond motifs is 1. The van der Waals surface area contributed by atoms with Crippen molar-refractivity contribution in [3.8, 4) is 0 Å². The number of halogens is 1. The van der Waals surface area contributed by atoms with Gasteiger partial charge in [-0.15, -0.1) is 0 Å². The number of hydrogen-bond donors (Lipinski definition) is 1. The summed E-state index contributed by atoms with van der Waals surface area (Å²) in [6.07, 6.45) is 1.49. The molecule has 1 N–H and O–H groups in total. The minimum Gasteiger partial charge on any atom is -0.353 e. The second-order valence-corrected chi connectivity index (χ2v) is 9.14. The molecule has 154 valence electrons. The molecule has 0 saturated carbocycles. The highest BCUT2D eigenvalue weighted by molar-refractivity contribution is 7.90. The number of hydrogen-bond acceptors (Lipinski definition) is 4. The molecular formula is C21H24FN3O3S. The first kappa shape index (κ1) is 21.0. The lowest BCUT2D eigenvalue weighted by molar-refractivity contribution is -0.121. The molecule has 6 nitrogen and oxygen atoms in total. The van der Waals surface area contributed by atoms with Crippen molar-refractivity contribution < 1.29 is 17.6 Å². The molecule has 0 spiro atoms. The Labute approximate surface area is 169 Å². The van der Waals surface area contributed by atoms with Crippen molar-refractivity contribution in [3.63, 3.8) is 0 Å². The molecule has 1 aromatic heterocycles. The summed E-state index contributed by atoms with van der Waals surface area (Å²) in [7, 11) is 0.110. The Balaban J connectivity index is 1.88. The molecular weight excluding hydrogens is 393 g/mol. The van der Waals surface area contributed by atoms with Gasteiger partial charge in [0.15, 0.2) is 9.84 Å². The first-order chi connectivity index (χ1) is 13.8. The van der Waals surface area contributed by atoms with Crippen molar-refractivity contribution >= 4 is 26.6 Å². The normalized spacial score (nSPS) is 11.9. The summed E-state index contributed by atoms with van der Waals surface area (Å²) in [5.74, 6) is -0.982. The standard InChI is InChI=1S/C21H24FN3O3S/c1-24(2)11-10-23-21(26)14-25-13-20(18-8-3-4-9-19(18)25)29(27,28)15-16-6-5-7-17(22)12-16/h3-9,12-13H,10-11,14-15H2,1-2H3,(H,23,26). The molecule has 3 rings (SSSR count). The van der Waals surface area contributed by atoms with E-state index in [1.54, 1.807) is 34.9 Å². The molecule has 3 aromatic rings. The van der Waals surface area contributed by atoms with Gasteiger partial charge in [0.2, 0.25) is 5.91 Å². The summed E-state index contributed by atoms with van der Waals surface area (Å²) in [6.45, 7) is 1.24. The van der Waals surface area contributed by atoms with Crippen LogP contribution in [0.3, 0.4) is 0 Å². The maximum Gasteiger partial charge on any atom is 0.239 e. The Morgan fingerprint density at radius 3 is 2.62 bits per heavy atom. The minimum atomic E-state index is -3.73. The summed E-state index contributed by atoms with van der Waals surface area (Å²) in [5, 5.41) is 3.37. The van der Waals surface area contributed by atoms with E-state index in [0.717, 1.165) is 0 Å². The minimum absolute atomic E-state index is 0.0173. The van der Waals surface area contributed by atoms with Crippen molar-refractivity contribution in [1.82, 2.24) is 14.8 Å². The zero-order chi connectivity index (χ0) is 21.0. The van der Waals surface area contributed by atoms with Gasteiger partial charge >= 0.3 is 0 Å². The van der Waals surface area contributed by atoms with Gasteiger partial charge in [0.25, 0.3) is 0 Å². The maximum absolute atomic E-state index is 13.5. The Morgan fingerprint density at radius 2 is 1.90 bits per heavy atom. The van der Waals surface area contributed by atoms with Gasteiger partial charge in [0.1, 0.15) is 12.4 Å². The van der Waals surface area contributed by atoms with Crippen molar-refractivity contribution in [2.24, 2.45) is 0 Å². The number of carbonyl (C=O) groups is 1.